The predicted molar refractivity (Wildman–Crippen MR) is 172 cm³/mol. The highest BCUT2D eigenvalue weighted by molar-refractivity contribution is 5.98. The molecule has 232 valence electrons. The van der Waals surface area contributed by atoms with Gasteiger partial charge in [0.15, 0.2) is 6.04 Å². The summed E-state index contributed by atoms with van der Waals surface area (Å²) in [7, 11) is 1.58. The van der Waals surface area contributed by atoms with E-state index in [1.54, 1.807) is 14.0 Å². The fraction of sp³-hybridized carbons (Fsp3) is 0.270. The Morgan fingerprint density at radius 1 is 0.689 bits per heavy atom. The van der Waals surface area contributed by atoms with Gasteiger partial charge in [0.25, 0.3) is 0 Å². The lowest BCUT2D eigenvalue weighted by Gasteiger charge is -2.41. The molecule has 1 heterocycles. The number of aliphatic carboxylic acids is 1. The summed E-state index contributed by atoms with van der Waals surface area (Å²) in [5, 5.41) is 22.8. The zero-order valence-corrected chi connectivity index (χ0v) is 25.6. The zero-order chi connectivity index (χ0) is 32.0. The van der Waals surface area contributed by atoms with Crippen LogP contribution < -0.4 is 0 Å². The second-order valence-corrected chi connectivity index (χ2v) is 11.8. The molecule has 4 aromatic carbocycles. The summed E-state index contributed by atoms with van der Waals surface area (Å²) in [6.07, 6.45) is 0.530. The second kappa shape index (κ2) is 13.8. The fourth-order valence-corrected chi connectivity index (χ4v) is 6.19. The molecule has 8 nitrogen and oxygen atoms in total. The van der Waals surface area contributed by atoms with Crippen molar-refractivity contribution in [3.05, 3.63) is 144 Å². The minimum atomic E-state index is -1.43. The van der Waals surface area contributed by atoms with Crippen LogP contribution in [0, 0.1) is 0 Å². The van der Waals surface area contributed by atoms with E-state index in [0.717, 1.165) is 22.3 Å². The lowest BCUT2D eigenvalue weighted by molar-refractivity contribution is -0.151. The Bertz CT molecular complexity index is 1540. The number of rotatable bonds is 12. The van der Waals surface area contributed by atoms with Crippen LogP contribution in [-0.4, -0.2) is 73.6 Å². The van der Waals surface area contributed by atoms with E-state index in [-0.39, 0.29) is 25.9 Å². The Labute approximate surface area is 264 Å². The van der Waals surface area contributed by atoms with Crippen LogP contribution in [0.5, 0.6) is 0 Å². The molecule has 1 aliphatic heterocycles. The van der Waals surface area contributed by atoms with Gasteiger partial charge in [-0.1, -0.05) is 121 Å². The van der Waals surface area contributed by atoms with Crippen molar-refractivity contribution in [2.24, 2.45) is 0 Å². The molecule has 1 saturated heterocycles. The summed E-state index contributed by atoms with van der Waals surface area (Å²) in [6, 6.07) is 33.5. The van der Waals surface area contributed by atoms with Gasteiger partial charge < -0.3 is 24.9 Å². The molecule has 3 unspecified atom stereocenters. The summed E-state index contributed by atoms with van der Waals surface area (Å²) < 4.78 is 0. The van der Waals surface area contributed by atoms with Gasteiger partial charge in [-0.2, -0.15) is 0 Å². The molecule has 4 aromatic rings. The molecule has 1 aliphatic rings. The van der Waals surface area contributed by atoms with Crippen LogP contribution in [0.15, 0.2) is 121 Å². The third-order valence-corrected chi connectivity index (χ3v) is 8.77. The SMILES string of the molecule is CC(N(C)C(=O)C1C(C(=O)O)N(Cc2ccccc2)C(=O)N1Cc1ccccc1)C(O)(Cc1ccccc1)Cc1ccccc1. The molecule has 0 spiro atoms. The van der Waals surface area contributed by atoms with Gasteiger partial charge in [0, 0.05) is 33.0 Å². The highest BCUT2D eigenvalue weighted by atomic mass is 16.4. The molecule has 8 heteroatoms. The summed E-state index contributed by atoms with van der Waals surface area (Å²) >= 11 is 0. The predicted octanol–water partition coefficient (Wildman–Crippen LogP) is 5.01. The van der Waals surface area contributed by atoms with Gasteiger partial charge >= 0.3 is 12.0 Å². The molecule has 5 rings (SSSR count). The lowest BCUT2D eigenvalue weighted by atomic mass is 9.81. The zero-order valence-electron chi connectivity index (χ0n) is 25.6. The van der Waals surface area contributed by atoms with E-state index in [1.165, 1.54) is 14.7 Å². The van der Waals surface area contributed by atoms with Crippen molar-refractivity contribution >= 4 is 17.9 Å². The maximum atomic E-state index is 14.5. The molecule has 0 aromatic heterocycles. The highest BCUT2D eigenvalue weighted by Gasteiger charge is 2.55. The smallest absolute Gasteiger partial charge is 0.329 e. The van der Waals surface area contributed by atoms with Gasteiger partial charge in [-0.3, -0.25) is 4.79 Å². The fourth-order valence-electron chi connectivity index (χ4n) is 6.19. The minimum Gasteiger partial charge on any atom is -0.480 e. The number of nitrogens with zero attached hydrogens (tertiary/aromatic N) is 3. The first-order valence-electron chi connectivity index (χ1n) is 15.1. The van der Waals surface area contributed by atoms with Gasteiger partial charge in [-0.15, -0.1) is 0 Å². The van der Waals surface area contributed by atoms with Gasteiger partial charge in [-0.05, 0) is 29.2 Å². The van der Waals surface area contributed by atoms with Crippen LogP contribution >= 0.6 is 0 Å². The Hall–Kier alpha value is -4.95. The van der Waals surface area contributed by atoms with Gasteiger partial charge in [0.05, 0.1) is 11.6 Å². The van der Waals surface area contributed by atoms with E-state index in [2.05, 4.69) is 0 Å². The summed E-state index contributed by atoms with van der Waals surface area (Å²) in [4.78, 5) is 45.4. The largest absolute Gasteiger partial charge is 0.480 e. The maximum Gasteiger partial charge on any atom is 0.329 e. The number of amides is 3. The van der Waals surface area contributed by atoms with Crippen molar-refractivity contribution in [3.8, 4) is 0 Å². The summed E-state index contributed by atoms with van der Waals surface area (Å²) in [5.41, 5.74) is 1.94. The number of aliphatic hydroxyl groups is 1. The van der Waals surface area contributed by atoms with Crippen molar-refractivity contribution < 1.29 is 24.6 Å². The molecule has 0 aliphatic carbocycles. The van der Waals surface area contributed by atoms with E-state index in [1.807, 2.05) is 121 Å². The van der Waals surface area contributed by atoms with Crippen LogP contribution in [0.25, 0.3) is 0 Å². The first-order valence-corrected chi connectivity index (χ1v) is 15.1. The van der Waals surface area contributed by atoms with Crippen molar-refractivity contribution in [1.29, 1.82) is 0 Å². The molecule has 3 amide bonds. The number of carbonyl (C=O) groups excluding carboxylic acids is 2. The second-order valence-electron chi connectivity index (χ2n) is 11.8. The molecule has 0 bridgehead atoms. The number of carboxylic acid groups (broad SMARTS) is 1. The quantitative estimate of drug-likeness (QED) is 0.237. The number of hydrogen-bond donors (Lipinski definition) is 2. The molecule has 2 N–H and O–H groups in total. The maximum absolute atomic E-state index is 14.5. The first-order chi connectivity index (χ1) is 21.7. The van der Waals surface area contributed by atoms with E-state index >= 15 is 0 Å². The molecular formula is C37H39N3O5. The minimum absolute atomic E-state index is 0.0386. The molecule has 3 atom stereocenters. The van der Waals surface area contributed by atoms with Crippen LogP contribution in [0.4, 0.5) is 4.79 Å². The number of carbonyl (C=O) groups is 3. The monoisotopic (exact) mass is 605 g/mol. The topological polar surface area (TPSA) is 101 Å². The number of likely N-dealkylation sites (N-methyl/N-ethyl adjacent to an activating group) is 1. The number of hydrogen-bond acceptors (Lipinski definition) is 4. The van der Waals surface area contributed by atoms with Gasteiger partial charge in [0.1, 0.15) is 6.04 Å². The average molecular weight is 606 g/mol. The lowest BCUT2D eigenvalue weighted by Crippen LogP contribution is -2.60. The van der Waals surface area contributed by atoms with Crippen molar-refractivity contribution in [2.45, 2.75) is 56.6 Å². The van der Waals surface area contributed by atoms with E-state index in [4.69, 9.17) is 0 Å². The molecular weight excluding hydrogens is 566 g/mol. The van der Waals surface area contributed by atoms with Gasteiger partial charge in [-0.25, -0.2) is 9.59 Å². The van der Waals surface area contributed by atoms with Crippen LogP contribution in [0.2, 0.25) is 0 Å². The Kier molecular flexibility index (Phi) is 9.64. The summed E-state index contributed by atoms with van der Waals surface area (Å²) in [6.45, 7) is 1.88. The van der Waals surface area contributed by atoms with Crippen molar-refractivity contribution in [1.82, 2.24) is 14.7 Å². The normalized spacial score (nSPS) is 17.3. The standard InChI is InChI=1S/C37H39N3O5/c1-27(37(45,23-28-15-7-3-8-16-28)24-29-17-9-4-10-18-29)38(2)34(41)32-33(35(42)43)40(26-31-21-13-6-14-22-31)36(44)39(32)25-30-19-11-5-12-20-30/h3-22,27,32-33,45H,23-26H2,1-2H3,(H,42,43). The Morgan fingerprint density at radius 2 is 1.04 bits per heavy atom. The van der Waals surface area contributed by atoms with Crippen LogP contribution in [0.3, 0.4) is 0 Å². The number of benzene rings is 4. The van der Waals surface area contributed by atoms with Crippen LogP contribution in [-0.2, 0) is 35.5 Å². The average Bonchev–Trinajstić information content (AvgIpc) is 3.32. The molecule has 0 radical (unpaired) electrons. The number of urea groups is 1. The van der Waals surface area contributed by atoms with Gasteiger partial charge in [0.2, 0.25) is 5.91 Å². The third kappa shape index (κ3) is 7.07. The number of carboxylic acids is 1. The van der Waals surface area contributed by atoms with E-state index in [0.29, 0.717) is 0 Å². The molecule has 45 heavy (non-hydrogen) atoms. The van der Waals surface area contributed by atoms with Crippen molar-refractivity contribution in [2.75, 3.05) is 7.05 Å². The Morgan fingerprint density at radius 3 is 1.42 bits per heavy atom. The van der Waals surface area contributed by atoms with E-state index < -0.39 is 41.6 Å². The highest BCUT2D eigenvalue weighted by Crippen LogP contribution is 2.32. The first kappa shape index (κ1) is 31.5. The van der Waals surface area contributed by atoms with E-state index in [9.17, 15) is 24.6 Å². The Balaban J connectivity index is 1.50. The van der Waals surface area contributed by atoms with Crippen molar-refractivity contribution in [3.63, 3.8) is 0 Å². The summed E-state index contributed by atoms with van der Waals surface area (Å²) in [5.74, 6) is -1.81. The third-order valence-electron chi connectivity index (χ3n) is 8.77. The van der Waals surface area contributed by atoms with Crippen LogP contribution in [0.1, 0.15) is 29.2 Å². The molecule has 1 fully saturated rings. The molecule has 0 saturated carbocycles.